The van der Waals surface area contributed by atoms with Crippen LogP contribution in [0.5, 0.6) is 0 Å². The van der Waals surface area contributed by atoms with Gasteiger partial charge in [0.2, 0.25) is 0 Å². The molecule has 2 unspecified atom stereocenters. The summed E-state index contributed by atoms with van der Waals surface area (Å²) < 4.78 is 0. The van der Waals surface area contributed by atoms with E-state index in [4.69, 9.17) is 0 Å². The van der Waals surface area contributed by atoms with Crippen molar-refractivity contribution in [1.82, 2.24) is 0 Å². The zero-order chi connectivity index (χ0) is 15.1. The Kier molecular flexibility index (Phi) is 3.33. The van der Waals surface area contributed by atoms with Crippen LogP contribution in [0.2, 0.25) is 0 Å². The molecule has 1 aliphatic carbocycles. The average Bonchev–Trinajstić information content (AvgIpc) is 3.37. The Hall–Kier alpha value is -1.96. The van der Waals surface area contributed by atoms with Gasteiger partial charge in [0.1, 0.15) is 0 Å². The molecular weight excluding hydrogens is 268 g/mol. The van der Waals surface area contributed by atoms with Crippen LogP contribution in [0.1, 0.15) is 49.3 Å². The Bertz CT molecular complexity index is 661. The summed E-state index contributed by atoms with van der Waals surface area (Å²) >= 11 is 0. The Labute approximate surface area is 133 Å². The Morgan fingerprint density at radius 1 is 0.955 bits per heavy atom. The molecule has 1 N–H and O–H groups in total. The zero-order valence-electron chi connectivity index (χ0n) is 13.4. The van der Waals surface area contributed by atoms with Crippen molar-refractivity contribution in [3.05, 3.63) is 59.7 Å². The first kappa shape index (κ1) is 13.7. The second-order valence-corrected chi connectivity index (χ2v) is 6.82. The summed E-state index contributed by atoms with van der Waals surface area (Å²) in [5.74, 6) is 0.792. The lowest BCUT2D eigenvalue weighted by atomic mass is 9.88. The van der Waals surface area contributed by atoms with Crippen molar-refractivity contribution in [2.75, 3.05) is 17.3 Å². The van der Waals surface area contributed by atoms with Gasteiger partial charge in [-0.3, -0.25) is 0 Å². The van der Waals surface area contributed by atoms with Crippen molar-refractivity contribution in [2.45, 2.75) is 44.2 Å². The van der Waals surface area contributed by atoms with Gasteiger partial charge in [0.25, 0.3) is 0 Å². The summed E-state index contributed by atoms with van der Waals surface area (Å²) in [4.78, 5) is 2.49. The number of hydrogen-bond acceptors (Lipinski definition) is 2. The van der Waals surface area contributed by atoms with Gasteiger partial charge in [0.15, 0.2) is 0 Å². The summed E-state index contributed by atoms with van der Waals surface area (Å²) in [5, 5.41) is 3.75. The molecule has 2 nitrogen and oxygen atoms in total. The van der Waals surface area contributed by atoms with Crippen LogP contribution in [0, 0.1) is 0 Å². The fourth-order valence-corrected chi connectivity index (χ4v) is 3.71. The summed E-state index contributed by atoms with van der Waals surface area (Å²) in [6, 6.07) is 18.5. The minimum atomic E-state index is 0.405. The number of rotatable bonds is 3. The summed E-state index contributed by atoms with van der Waals surface area (Å²) in [6.07, 6.45) is 3.86. The summed E-state index contributed by atoms with van der Waals surface area (Å²) in [7, 11) is 2.26. The molecule has 22 heavy (non-hydrogen) atoms. The maximum absolute atomic E-state index is 3.75. The Morgan fingerprint density at radius 2 is 1.68 bits per heavy atom. The highest BCUT2D eigenvalue weighted by Crippen LogP contribution is 2.49. The monoisotopic (exact) mass is 292 g/mol. The van der Waals surface area contributed by atoms with Crippen LogP contribution >= 0.6 is 0 Å². The average molecular weight is 292 g/mol. The van der Waals surface area contributed by atoms with Crippen molar-refractivity contribution < 1.29 is 0 Å². The first-order valence-corrected chi connectivity index (χ1v) is 8.41. The Balaban J connectivity index is 1.73. The maximum Gasteiger partial charge on any atom is 0.0553 e. The van der Waals surface area contributed by atoms with Gasteiger partial charge in [-0.05, 0) is 55.4 Å². The molecule has 0 aromatic heterocycles. The van der Waals surface area contributed by atoms with Gasteiger partial charge in [-0.1, -0.05) is 36.4 Å². The second kappa shape index (κ2) is 5.35. The van der Waals surface area contributed by atoms with Crippen molar-refractivity contribution in [3.8, 4) is 0 Å². The van der Waals surface area contributed by atoms with Crippen LogP contribution in [0.15, 0.2) is 48.5 Å². The number of nitrogens with zero attached hydrogens (tertiary/aromatic N) is 1. The van der Waals surface area contributed by atoms with E-state index in [9.17, 15) is 0 Å². The predicted octanol–water partition coefficient (Wildman–Crippen LogP) is 4.95. The highest BCUT2D eigenvalue weighted by molar-refractivity contribution is 5.66. The maximum atomic E-state index is 3.75. The van der Waals surface area contributed by atoms with E-state index in [0.717, 1.165) is 12.3 Å². The molecule has 0 bridgehead atoms. The third-order valence-corrected chi connectivity index (χ3v) is 5.20. The molecular formula is C20H24N2. The lowest BCUT2D eigenvalue weighted by Gasteiger charge is -2.40. The first-order chi connectivity index (χ1) is 10.7. The number of benzene rings is 2. The number of hydrogen-bond donors (Lipinski definition) is 1. The quantitative estimate of drug-likeness (QED) is 0.861. The molecule has 2 aromatic carbocycles. The van der Waals surface area contributed by atoms with Crippen LogP contribution in [-0.4, -0.2) is 13.1 Å². The highest BCUT2D eigenvalue weighted by Gasteiger charge is 2.34. The van der Waals surface area contributed by atoms with Crippen LogP contribution in [0.3, 0.4) is 0 Å². The van der Waals surface area contributed by atoms with Crippen LogP contribution < -0.4 is 10.2 Å². The third kappa shape index (κ3) is 2.37. The molecule has 0 amide bonds. The van der Waals surface area contributed by atoms with Gasteiger partial charge >= 0.3 is 0 Å². The number of fused-ring (bicyclic) bond motifs is 1. The number of nitrogens with one attached hydrogen (secondary N) is 1. The lowest BCUT2D eigenvalue weighted by molar-refractivity contribution is 0.538. The molecule has 1 fully saturated rings. The van der Waals surface area contributed by atoms with Gasteiger partial charge in [-0.25, -0.2) is 0 Å². The van der Waals surface area contributed by atoms with E-state index >= 15 is 0 Å². The molecule has 2 atom stereocenters. The van der Waals surface area contributed by atoms with Crippen molar-refractivity contribution in [1.29, 1.82) is 0 Å². The fraction of sp³-hybridized carbons (Fsp3) is 0.400. The summed E-state index contributed by atoms with van der Waals surface area (Å²) in [5.41, 5.74) is 5.73. The van der Waals surface area contributed by atoms with Gasteiger partial charge in [0, 0.05) is 24.5 Å². The van der Waals surface area contributed by atoms with Crippen molar-refractivity contribution >= 4 is 11.4 Å². The van der Waals surface area contributed by atoms with Crippen molar-refractivity contribution in [3.63, 3.8) is 0 Å². The molecule has 1 heterocycles. The topological polar surface area (TPSA) is 15.3 Å². The molecule has 0 spiro atoms. The van der Waals surface area contributed by atoms with E-state index in [0.29, 0.717) is 12.1 Å². The lowest BCUT2D eigenvalue weighted by Crippen LogP contribution is -2.38. The summed E-state index contributed by atoms with van der Waals surface area (Å²) in [6.45, 7) is 2.34. The van der Waals surface area contributed by atoms with E-state index in [1.165, 1.54) is 29.8 Å². The molecule has 2 aliphatic rings. The Morgan fingerprint density at radius 3 is 2.41 bits per heavy atom. The zero-order valence-corrected chi connectivity index (χ0v) is 13.4. The molecule has 0 radical (unpaired) electrons. The van der Waals surface area contributed by atoms with Gasteiger partial charge in [0.05, 0.1) is 6.04 Å². The minimum absolute atomic E-state index is 0.405. The molecule has 0 saturated heterocycles. The smallest absolute Gasteiger partial charge is 0.0553 e. The molecule has 1 saturated carbocycles. The normalized spacial score (nSPS) is 24.0. The second-order valence-electron chi connectivity index (χ2n) is 6.82. The minimum Gasteiger partial charge on any atom is -0.378 e. The van der Waals surface area contributed by atoms with Crippen LogP contribution in [-0.2, 0) is 0 Å². The molecule has 114 valence electrons. The largest absolute Gasteiger partial charge is 0.378 e. The standard InChI is InChI=1S/C20H24N2/c1-14-13-19(21-16-7-4-3-5-8-16)18-10-6-9-17(15-11-12-15)20(18)22(14)2/h3-10,14-15,19,21H,11-13H2,1-2H3. The predicted molar refractivity (Wildman–Crippen MR) is 93.7 cm³/mol. The fourth-order valence-electron chi connectivity index (χ4n) is 3.71. The van der Waals surface area contributed by atoms with E-state index in [1.807, 2.05) is 0 Å². The highest BCUT2D eigenvalue weighted by atomic mass is 15.2. The van der Waals surface area contributed by atoms with Gasteiger partial charge in [-0.2, -0.15) is 0 Å². The third-order valence-electron chi connectivity index (χ3n) is 5.20. The van der Waals surface area contributed by atoms with E-state index in [2.05, 4.69) is 72.7 Å². The molecule has 2 heteroatoms. The molecule has 1 aliphatic heterocycles. The van der Waals surface area contributed by atoms with Gasteiger partial charge < -0.3 is 10.2 Å². The van der Waals surface area contributed by atoms with Gasteiger partial charge in [-0.15, -0.1) is 0 Å². The molecule has 2 aromatic rings. The van der Waals surface area contributed by atoms with E-state index < -0.39 is 0 Å². The van der Waals surface area contributed by atoms with E-state index in [-0.39, 0.29) is 0 Å². The number of para-hydroxylation sites is 2. The van der Waals surface area contributed by atoms with Crippen molar-refractivity contribution in [2.24, 2.45) is 0 Å². The van der Waals surface area contributed by atoms with E-state index in [1.54, 1.807) is 5.56 Å². The first-order valence-electron chi connectivity index (χ1n) is 8.41. The SMILES string of the molecule is CC1CC(Nc2ccccc2)c2cccc(C3CC3)c2N1C. The number of anilines is 2. The van der Waals surface area contributed by atoms with Crippen LogP contribution in [0.25, 0.3) is 0 Å². The molecule has 4 rings (SSSR count). The van der Waals surface area contributed by atoms with Crippen LogP contribution in [0.4, 0.5) is 11.4 Å².